The smallest absolute Gasteiger partial charge is 0.341 e. The van der Waals surface area contributed by atoms with Gasteiger partial charge < -0.3 is 9.84 Å². The normalized spacial score (nSPS) is 11.2. The van der Waals surface area contributed by atoms with Gasteiger partial charge in [-0.15, -0.1) is 11.3 Å². The van der Waals surface area contributed by atoms with Crippen LogP contribution in [0.4, 0.5) is 4.39 Å². The molecule has 0 aliphatic carbocycles. The molecular formula is C21H17FN2O4S. The number of aliphatic carboxylic acids is 1. The fourth-order valence-electron chi connectivity index (χ4n) is 2.44. The van der Waals surface area contributed by atoms with Crippen LogP contribution in [-0.4, -0.2) is 29.3 Å². The lowest BCUT2D eigenvalue weighted by atomic mass is 10.1. The van der Waals surface area contributed by atoms with Gasteiger partial charge in [0.1, 0.15) is 11.6 Å². The van der Waals surface area contributed by atoms with Crippen molar-refractivity contribution in [2.24, 2.45) is 5.10 Å². The zero-order chi connectivity index (χ0) is 20.8. The van der Waals surface area contributed by atoms with E-state index in [9.17, 15) is 14.0 Å². The molecule has 6 nitrogen and oxygen atoms in total. The van der Waals surface area contributed by atoms with Crippen molar-refractivity contribution in [2.75, 3.05) is 6.61 Å². The van der Waals surface area contributed by atoms with Crippen molar-refractivity contribution in [1.82, 2.24) is 5.43 Å². The van der Waals surface area contributed by atoms with Gasteiger partial charge >= 0.3 is 5.97 Å². The van der Waals surface area contributed by atoms with E-state index in [0.29, 0.717) is 21.9 Å². The molecule has 1 heterocycles. The highest BCUT2D eigenvalue weighted by atomic mass is 32.1. The summed E-state index contributed by atoms with van der Waals surface area (Å²) in [4.78, 5) is 24.3. The van der Waals surface area contributed by atoms with Crippen molar-refractivity contribution in [1.29, 1.82) is 0 Å². The lowest BCUT2D eigenvalue weighted by Crippen LogP contribution is -2.18. The van der Waals surface area contributed by atoms with Crippen LogP contribution in [0.1, 0.15) is 22.2 Å². The van der Waals surface area contributed by atoms with Crippen LogP contribution in [0.15, 0.2) is 65.8 Å². The van der Waals surface area contributed by atoms with Crippen molar-refractivity contribution in [2.45, 2.75) is 6.92 Å². The number of carbonyl (C=O) groups is 2. The Hall–Kier alpha value is -3.52. The second-order valence-electron chi connectivity index (χ2n) is 6.02. The van der Waals surface area contributed by atoms with E-state index in [2.05, 4.69) is 10.5 Å². The molecule has 148 valence electrons. The number of thiophene rings is 1. The fourth-order valence-corrected chi connectivity index (χ4v) is 3.34. The summed E-state index contributed by atoms with van der Waals surface area (Å²) in [5, 5.41) is 12.8. The van der Waals surface area contributed by atoms with E-state index in [4.69, 9.17) is 9.84 Å². The first-order valence-corrected chi connectivity index (χ1v) is 9.39. The molecule has 0 bridgehead atoms. The number of nitrogens with one attached hydrogen (secondary N) is 1. The summed E-state index contributed by atoms with van der Waals surface area (Å²) < 4.78 is 18.2. The van der Waals surface area contributed by atoms with Gasteiger partial charge in [0.25, 0.3) is 5.91 Å². The van der Waals surface area contributed by atoms with Crippen molar-refractivity contribution in [3.63, 3.8) is 0 Å². The minimum absolute atomic E-state index is 0.314. The number of benzene rings is 2. The van der Waals surface area contributed by atoms with Gasteiger partial charge in [0.15, 0.2) is 6.61 Å². The van der Waals surface area contributed by atoms with Gasteiger partial charge in [-0.3, -0.25) is 4.79 Å². The predicted octanol–water partition coefficient (Wildman–Crippen LogP) is 4.17. The molecule has 2 N–H and O–H groups in total. The van der Waals surface area contributed by atoms with Crippen LogP contribution in [0.2, 0.25) is 0 Å². The number of carboxylic acid groups (broad SMARTS) is 1. The van der Waals surface area contributed by atoms with Crippen LogP contribution in [0.3, 0.4) is 0 Å². The number of hydrogen-bond donors (Lipinski definition) is 2. The third kappa shape index (κ3) is 5.49. The molecule has 0 aliphatic rings. The number of halogens is 1. The third-order valence-corrected chi connectivity index (χ3v) is 5.03. The second kappa shape index (κ2) is 9.11. The Morgan fingerprint density at radius 1 is 1.14 bits per heavy atom. The van der Waals surface area contributed by atoms with Gasteiger partial charge in [0.05, 0.1) is 10.6 Å². The second-order valence-corrected chi connectivity index (χ2v) is 7.10. The molecule has 3 rings (SSSR count). The first-order chi connectivity index (χ1) is 13.9. The van der Waals surface area contributed by atoms with Crippen LogP contribution >= 0.6 is 11.3 Å². The molecule has 0 radical (unpaired) electrons. The molecule has 1 aromatic heterocycles. The van der Waals surface area contributed by atoms with E-state index in [-0.39, 0.29) is 11.7 Å². The topological polar surface area (TPSA) is 88.0 Å². The van der Waals surface area contributed by atoms with Crippen LogP contribution in [0.5, 0.6) is 5.75 Å². The van der Waals surface area contributed by atoms with Crippen LogP contribution in [-0.2, 0) is 4.79 Å². The Balaban J connectivity index is 1.66. The van der Waals surface area contributed by atoms with Gasteiger partial charge in [0.2, 0.25) is 0 Å². The van der Waals surface area contributed by atoms with Crippen molar-refractivity contribution < 1.29 is 23.8 Å². The summed E-state index contributed by atoms with van der Waals surface area (Å²) in [6.45, 7) is 1.28. The number of hydrogen-bond acceptors (Lipinski definition) is 5. The van der Waals surface area contributed by atoms with Crippen molar-refractivity contribution in [3.05, 3.63) is 76.9 Å². The average molecular weight is 412 g/mol. The zero-order valence-corrected chi connectivity index (χ0v) is 16.2. The van der Waals surface area contributed by atoms with Crippen LogP contribution < -0.4 is 10.2 Å². The minimum atomic E-state index is -1.07. The third-order valence-electron chi connectivity index (χ3n) is 3.90. The number of carbonyl (C=O) groups excluding carboxylic acids is 1. The lowest BCUT2D eigenvalue weighted by molar-refractivity contribution is -0.139. The average Bonchev–Trinajstić information content (AvgIpc) is 3.21. The van der Waals surface area contributed by atoms with Crippen molar-refractivity contribution in [3.8, 4) is 16.2 Å². The summed E-state index contributed by atoms with van der Waals surface area (Å²) in [5.74, 6) is -1.34. The maximum absolute atomic E-state index is 13.0. The van der Waals surface area contributed by atoms with Crippen LogP contribution in [0.25, 0.3) is 10.4 Å². The number of nitrogens with zero attached hydrogens (tertiary/aromatic N) is 1. The molecule has 0 fully saturated rings. The number of amides is 1. The fraction of sp³-hybridized carbons (Fsp3) is 0.0952. The van der Waals surface area contributed by atoms with Gasteiger partial charge in [-0.1, -0.05) is 24.3 Å². The highest BCUT2D eigenvalue weighted by molar-refractivity contribution is 7.17. The largest absolute Gasteiger partial charge is 0.482 e. The molecule has 0 saturated carbocycles. The molecule has 0 saturated heterocycles. The van der Waals surface area contributed by atoms with Gasteiger partial charge in [0, 0.05) is 10.4 Å². The van der Waals surface area contributed by atoms with E-state index in [1.807, 2.05) is 0 Å². The molecule has 3 aromatic rings. The Morgan fingerprint density at radius 3 is 2.62 bits per heavy atom. The summed E-state index contributed by atoms with van der Waals surface area (Å²) in [6.07, 6.45) is 0. The first-order valence-electron chi connectivity index (χ1n) is 8.58. The molecule has 0 spiro atoms. The molecule has 8 heteroatoms. The summed E-state index contributed by atoms with van der Waals surface area (Å²) in [6, 6.07) is 16.3. The SMILES string of the molecule is C/C(=N/NC(=O)c1ccc(-c2ccc(F)cc2)s1)c1cccc(OCC(=O)O)c1. The van der Waals surface area contributed by atoms with Gasteiger partial charge in [-0.2, -0.15) is 5.10 Å². The quantitative estimate of drug-likeness (QED) is 0.450. The van der Waals surface area contributed by atoms with Gasteiger partial charge in [-0.05, 0) is 48.9 Å². The van der Waals surface area contributed by atoms with E-state index in [0.717, 1.165) is 10.4 Å². The Labute approximate surface area is 170 Å². The summed E-state index contributed by atoms with van der Waals surface area (Å²) >= 11 is 1.28. The molecule has 0 atom stereocenters. The maximum atomic E-state index is 13.0. The summed E-state index contributed by atoms with van der Waals surface area (Å²) in [5.41, 5.74) is 4.56. The first kappa shape index (κ1) is 20.2. The van der Waals surface area contributed by atoms with Crippen LogP contribution in [0, 0.1) is 5.82 Å². The Bertz CT molecular complexity index is 1060. The molecule has 0 aliphatic heterocycles. The van der Waals surface area contributed by atoms with E-state index < -0.39 is 12.6 Å². The molecule has 29 heavy (non-hydrogen) atoms. The zero-order valence-electron chi connectivity index (χ0n) is 15.4. The number of hydrazone groups is 1. The maximum Gasteiger partial charge on any atom is 0.341 e. The summed E-state index contributed by atoms with van der Waals surface area (Å²) in [7, 11) is 0. The Kier molecular flexibility index (Phi) is 6.36. The highest BCUT2D eigenvalue weighted by Gasteiger charge is 2.10. The molecule has 1 amide bonds. The lowest BCUT2D eigenvalue weighted by Gasteiger charge is -2.06. The molecule has 0 unspecified atom stereocenters. The number of rotatable bonds is 7. The van der Waals surface area contributed by atoms with E-state index >= 15 is 0 Å². The number of ether oxygens (including phenoxy) is 1. The predicted molar refractivity (Wildman–Crippen MR) is 109 cm³/mol. The minimum Gasteiger partial charge on any atom is -0.482 e. The molecule has 2 aromatic carbocycles. The highest BCUT2D eigenvalue weighted by Crippen LogP contribution is 2.28. The number of carboxylic acids is 1. The van der Waals surface area contributed by atoms with E-state index in [1.165, 1.54) is 23.5 Å². The monoisotopic (exact) mass is 412 g/mol. The van der Waals surface area contributed by atoms with E-state index in [1.54, 1.807) is 55.5 Å². The Morgan fingerprint density at radius 2 is 1.90 bits per heavy atom. The standard InChI is InChI=1S/C21H17FN2O4S/c1-13(15-3-2-4-17(11-15)28-12-20(25)26)23-24-21(27)19-10-9-18(29-19)14-5-7-16(22)8-6-14/h2-11H,12H2,1H3,(H,24,27)(H,25,26)/b23-13-. The molecular weight excluding hydrogens is 395 g/mol. The van der Waals surface area contributed by atoms with Gasteiger partial charge in [-0.25, -0.2) is 14.6 Å². The van der Waals surface area contributed by atoms with Crippen molar-refractivity contribution >= 4 is 28.9 Å².